The minimum atomic E-state index is -4.83. The van der Waals surface area contributed by atoms with Gasteiger partial charge in [0.25, 0.3) is 0 Å². The van der Waals surface area contributed by atoms with Crippen molar-refractivity contribution in [2.75, 3.05) is 52.4 Å². The minimum absolute atomic E-state index is 0.166. The van der Waals surface area contributed by atoms with Gasteiger partial charge in [0, 0.05) is 52.4 Å². The number of fused-ring (bicyclic) bond motifs is 5. The van der Waals surface area contributed by atoms with Crippen LogP contribution in [0.15, 0.2) is 18.2 Å². The highest BCUT2D eigenvalue weighted by Crippen LogP contribution is 2.59. The van der Waals surface area contributed by atoms with Gasteiger partial charge >= 0.3 is 12.4 Å². The molecule has 4 heterocycles. The number of carbonyl (C=O) groups excluding carboxylic acids is 1. The Hall–Kier alpha value is -3.48. The van der Waals surface area contributed by atoms with Crippen LogP contribution in [0.4, 0.5) is 26.3 Å². The van der Waals surface area contributed by atoms with Gasteiger partial charge in [-0.1, -0.05) is 0 Å². The lowest BCUT2D eigenvalue weighted by Crippen LogP contribution is -2.55. The second kappa shape index (κ2) is 10.1. The van der Waals surface area contributed by atoms with Gasteiger partial charge in [-0.05, 0) is 32.0 Å². The summed E-state index contributed by atoms with van der Waals surface area (Å²) in [6.45, 7) is 6.32. The predicted octanol–water partition coefficient (Wildman–Crippen LogP) is 3.65. The zero-order valence-electron chi connectivity index (χ0n) is 22.8. The molecule has 1 aromatic heterocycles. The van der Waals surface area contributed by atoms with E-state index in [2.05, 4.69) is 4.90 Å². The molecule has 42 heavy (non-hydrogen) atoms. The maximum atomic E-state index is 13.6. The maximum absolute atomic E-state index is 13.6. The van der Waals surface area contributed by atoms with Gasteiger partial charge in [0.05, 0.1) is 34.0 Å². The quantitative estimate of drug-likeness (QED) is 0.505. The second-order valence-electron chi connectivity index (χ2n) is 11.4. The summed E-state index contributed by atoms with van der Waals surface area (Å²) in [6.07, 6.45) is -10.9. The highest BCUT2D eigenvalue weighted by atomic mass is 19.4. The van der Waals surface area contributed by atoms with E-state index < -0.39 is 58.8 Å². The van der Waals surface area contributed by atoms with Crippen LogP contribution in [-0.2, 0) is 26.9 Å². The molecule has 3 aliphatic rings. The molecule has 2 aromatic rings. The van der Waals surface area contributed by atoms with E-state index in [9.17, 15) is 41.4 Å². The summed E-state index contributed by atoms with van der Waals surface area (Å²) in [4.78, 5) is 17.2. The molecule has 5 rings (SSSR count). The molecular formula is C27H29F6N5O4. The number of benzene rings is 1. The van der Waals surface area contributed by atoms with Crippen molar-refractivity contribution in [1.82, 2.24) is 19.3 Å². The Labute approximate surface area is 237 Å². The van der Waals surface area contributed by atoms with Crippen molar-refractivity contribution < 1.29 is 46.1 Å². The molecule has 15 heteroatoms. The largest absolute Gasteiger partial charge is 0.494 e. The van der Waals surface area contributed by atoms with Crippen molar-refractivity contribution in [2.45, 2.75) is 43.8 Å². The number of morpholine rings is 1. The molecule has 2 N–H and O–H groups in total. The van der Waals surface area contributed by atoms with E-state index in [1.54, 1.807) is 13.8 Å². The standard InChI is InChI=1S/C27H29F6N5O4/c1-24-14-36(6-5-35-7-9-37(10-8-35)19(39)12-26(28,29)30)15-25(2,42-24)21-20(24)22(40)38(23(21)41)17-4-3-16(13-34)18(11-17)27(31,32)33/h3-4,11,40-41H,5-10,12,14-15H2,1-2H3. The monoisotopic (exact) mass is 601 g/mol. The molecule has 2 fully saturated rings. The van der Waals surface area contributed by atoms with Gasteiger partial charge < -0.3 is 19.8 Å². The summed E-state index contributed by atoms with van der Waals surface area (Å²) in [7, 11) is 0. The Balaban J connectivity index is 1.31. The average molecular weight is 602 g/mol. The fourth-order valence-electron chi connectivity index (χ4n) is 6.47. The predicted molar refractivity (Wildman–Crippen MR) is 135 cm³/mol. The fraction of sp³-hybridized carbons (Fsp3) is 0.556. The number of carbonyl (C=O) groups is 1. The number of hydrogen-bond donors (Lipinski definition) is 2. The van der Waals surface area contributed by atoms with Crippen molar-refractivity contribution in [2.24, 2.45) is 0 Å². The highest BCUT2D eigenvalue weighted by Gasteiger charge is 2.58. The van der Waals surface area contributed by atoms with Crippen molar-refractivity contribution in [1.29, 1.82) is 5.26 Å². The Morgan fingerprint density at radius 1 is 0.952 bits per heavy atom. The zero-order valence-corrected chi connectivity index (χ0v) is 22.8. The molecule has 1 aromatic carbocycles. The molecule has 2 atom stereocenters. The van der Waals surface area contributed by atoms with Gasteiger partial charge in [-0.25, -0.2) is 0 Å². The van der Waals surface area contributed by atoms with Crippen molar-refractivity contribution in [3.05, 3.63) is 40.5 Å². The van der Waals surface area contributed by atoms with Gasteiger partial charge in [0.15, 0.2) is 0 Å². The van der Waals surface area contributed by atoms with Gasteiger partial charge in [-0.15, -0.1) is 0 Å². The topological polar surface area (TPSA) is 105 Å². The van der Waals surface area contributed by atoms with E-state index in [-0.39, 0.29) is 43.0 Å². The molecular weight excluding hydrogens is 572 g/mol. The summed E-state index contributed by atoms with van der Waals surface area (Å²) in [5.74, 6) is -1.87. The third kappa shape index (κ3) is 5.27. The molecule has 0 radical (unpaired) electrons. The SMILES string of the molecule is CC12CN(CCN3CCN(C(=O)CC(F)(F)F)CC3)CC(C)(O1)c1c2c(O)n(-c2ccc(C#N)c(C(F)(F)F)c2)c1O. The van der Waals surface area contributed by atoms with Gasteiger partial charge in [0.1, 0.15) is 17.6 Å². The average Bonchev–Trinajstić information content (AvgIpc) is 3.26. The Bertz CT molecular complexity index is 1400. The van der Waals surface area contributed by atoms with Crippen LogP contribution in [0.2, 0.25) is 0 Å². The van der Waals surface area contributed by atoms with Crippen LogP contribution >= 0.6 is 0 Å². The molecule has 3 aliphatic heterocycles. The van der Waals surface area contributed by atoms with E-state index in [0.29, 0.717) is 32.2 Å². The molecule has 0 spiro atoms. The number of hydrogen-bond acceptors (Lipinski definition) is 7. The maximum Gasteiger partial charge on any atom is 0.417 e. The van der Waals surface area contributed by atoms with Gasteiger partial charge in [0.2, 0.25) is 17.7 Å². The number of nitrogens with zero attached hydrogens (tertiary/aromatic N) is 5. The number of amides is 1. The first-order valence-corrected chi connectivity index (χ1v) is 13.2. The first-order chi connectivity index (χ1) is 19.5. The number of halogens is 6. The Morgan fingerprint density at radius 2 is 1.50 bits per heavy atom. The summed E-state index contributed by atoms with van der Waals surface area (Å²) < 4.78 is 85.7. The first-order valence-electron chi connectivity index (χ1n) is 13.2. The van der Waals surface area contributed by atoms with Crippen LogP contribution < -0.4 is 0 Å². The summed E-state index contributed by atoms with van der Waals surface area (Å²) >= 11 is 0. The van der Waals surface area contributed by atoms with Crippen LogP contribution in [0.25, 0.3) is 5.69 Å². The van der Waals surface area contributed by atoms with Crippen molar-refractivity contribution in [3.63, 3.8) is 0 Å². The second-order valence-corrected chi connectivity index (χ2v) is 11.4. The Kier molecular flexibility index (Phi) is 7.19. The van der Waals surface area contributed by atoms with E-state index in [0.717, 1.165) is 10.6 Å². The molecule has 2 saturated heterocycles. The highest BCUT2D eigenvalue weighted by molar-refractivity contribution is 5.77. The molecule has 2 unspecified atom stereocenters. The summed E-state index contributed by atoms with van der Waals surface area (Å²) in [5.41, 5.74) is -3.65. The van der Waals surface area contributed by atoms with Crippen LogP contribution in [0, 0.1) is 11.3 Å². The number of alkyl halides is 6. The number of ether oxygens (including phenoxy) is 1. The van der Waals surface area contributed by atoms with Gasteiger partial charge in [-0.3, -0.25) is 19.2 Å². The number of aromatic hydroxyl groups is 2. The number of piperazine rings is 1. The zero-order chi connectivity index (χ0) is 30.8. The fourth-order valence-corrected chi connectivity index (χ4v) is 6.47. The van der Waals surface area contributed by atoms with Crippen molar-refractivity contribution >= 4 is 5.91 Å². The van der Waals surface area contributed by atoms with Crippen LogP contribution in [0.1, 0.15) is 42.5 Å². The molecule has 228 valence electrons. The molecule has 2 bridgehead atoms. The number of rotatable bonds is 5. The molecule has 0 aliphatic carbocycles. The lowest BCUT2D eigenvalue weighted by atomic mass is 9.94. The molecule has 0 saturated carbocycles. The number of nitriles is 1. The third-order valence-electron chi connectivity index (χ3n) is 8.18. The lowest BCUT2D eigenvalue weighted by molar-refractivity contribution is -0.187. The van der Waals surface area contributed by atoms with Crippen molar-refractivity contribution in [3.8, 4) is 23.5 Å². The normalized spacial score (nSPS) is 25.0. The van der Waals surface area contributed by atoms with E-state index >= 15 is 0 Å². The van der Waals surface area contributed by atoms with Crippen LogP contribution in [0.3, 0.4) is 0 Å². The Morgan fingerprint density at radius 3 is 2.00 bits per heavy atom. The van der Waals surface area contributed by atoms with E-state index in [1.807, 2.05) is 4.90 Å². The summed E-state index contributed by atoms with van der Waals surface area (Å²) in [5, 5.41) is 31.6. The smallest absolute Gasteiger partial charge is 0.417 e. The van der Waals surface area contributed by atoms with E-state index in [1.165, 1.54) is 17.0 Å². The number of aromatic nitrogens is 1. The van der Waals surface area contributed by atoms with Crippen LogP contribution in [-0.4, -0.2) is 93.9 Å². The summed E-state index contributed by atoms with van der Waals surface area (Å²) in [6, 6.07) is 4.41. The molecule has 1 amide bonds. The van der Waals surface area contributed by atoms with Crippen LogP contribution in [0.5, 0.6) is 11.8 Å². The minimum Gasteiger partial charge on any atom is -0.494 e. The van der Waals surface area contributed by atoms with E-state index in [4.69, 9.17) is 10.00 Å². The van der Waals surface area contributed by atoms with Gasteiger partial charge in [-0.2, -0.15) is 31.6 Å². The lowest BCUT2D eigenvalue weighted by Gasteiger charge is -2.44. The first kappa shape index (κ1) is 30.0. The molecule has 9 nitrogen and oxygen atoms in total. The third-order valence-corrected chi connectivity index (χ3v) is 8.18.